The molecule has 1 aromatic carbocycles. The van der Waals surface area contributed by atoms with E-state index in [2.05, 4.69) is 14.9 Å². The van der Waals surface area contributed by atoms with Crippen molar-refractivity contribution < 1.29 is 0 Å². The summed E-state index contributed by atoms with van der Waals surface area (Å²) in [6.07, 6.45) is 5.48. The highest BCUT2D eigenvalue weighted by Gasteiger charge is 2.30. The van der Waals surface area contributed by atoms with Crippen molar-refractivity contribution in [2.24, 2.45) is 0 Å². The van der Waals surface area contributed by atoms with Crippen LogP contribution in [-0.2, 0) is 0 Å². The molecular formula is C18H20Cl2N4O. The number of halogens is 2. The van der Waals surface area contributed by atoms with E-state index < -0.39 is 0 Å². The molecule has 7 heteroatoms. The van der Waals surface area contributed by atoms with E-state index in [1.807, 2.05) is 0 Å². The summed E-state index contributed by atoms with van der Waals surface area (Å²) in [5.74, 6) is 0. The van der Waals surface area contributed by atoms with Crippen molar-refractivity contribution in [1.29, 1.82) is 0 Å². The lowest BCUT2D eigenvalue weighted by atomic mass is 9.99. The van der Waals surface area contributed by atoms with Gasteiger partial charge in [0.05, 0.1) is 17.6 Å². The van der Waals surface area contributed by atoms with Crippen molar-refractivity contribution in [3.8, 4) is 5.69 Å². The molecule has 0 spiro atoms. The van der Waals surface area contributed by atoms with Crippen LogP contribution in [0.1, 0.15) is 19.3 Å². The van der Waals surface area contributed by atoms with Gasteiger partial charge in [0.25, 0.3) is 5.56 Å². The molecule has 0 radical (unpaired) electrons. The fourth-order valence-corrected chi connectivity index (χ4v) is 4.16. The van der Waals surface area contributed by atoms with Gasteiger partial charge in [0.1, 0.15) is 5.02 Å². The van der Waals surface area contributed by atoms with E-state index in [-0.39, 0.29) is 10.6 Å². The number of anilines is 1. The second kappa shape index (κ2) is 6.98. The maximum absolute atomic E-state index is 12.7. The molecule has 3 heterocycles. The first-order valence-electron chi connectivity index (χ1n) is 8.66. The third-order valence-corrected chi connectivity index (χ3v) is 5.76. The number of hydrogen-bond acceptors (Lipinski definition) is 4. The molecule has 0 N–H and O–H groups in total. The summed E-state index contributed by atoms with van der Waals surface area (Å²) in [4.78, 5) is 17.5. The zero-order chi connectivity index (χ0) is 17.4. The minimum Gasteiger partial charge on any atom is -0.366 e. The first kappa shape index (κ1) is 16.9. The Labute approximate surface area is 156 Å². The number of nitrogens with zero attached hydrogens (tertiary/aromatic N) is 4. The molecule has 2 aromatic rings. The van der Waals surface area contributed by atoms with E-state index in [1.165, 1.54) is 30.5 Å². The van der Waals surface area contributed by atoms with Gasteiger partial charge in [0.2, 0.25) is 0 Å². The van der Waals surface area contributed by atoms with Crippen molar-refractivity contribution in [2.75, 3.05) is 31.1 Å². The molecule has 2 fully saturated rings. The third kappa shape index (κ3) is 3.28. The topological polar surface area (TPSA) is 41.4 Å². The van der Waals surface area contributed by atoms with Gasteiger partial charge in [-0.25, -0.2) is 0 Å². The smallest absolute Gasteiger partial charge is 0.292 e. The van der Waals surface area contributed by atoms with Gasteiger partial charge < -0.3 is 4.90 Å². The number of hydrogen-bond donors (Lipinski definition) is 0. The Kier molecular flexibility index (Phi) is 4.71. The molecular weight excluding hydrogens is 359 g/mol. The fraction of sp³-hybridized carbons (Fsp3) is 0.444. The number of piperazine rings is 1. The van der Waals surface area contributed by atoms with Gasteiger partial charge in [-0.2, -0.15) is 9.78 Å². The normalized spacial score (nSPS) is 21.2. The summed E-state index contributed by atoms with van der Waals surface area (Å²) < 4.78 is 1.32. The number of rotatable bonds is 2. The van der Waals surface area contributed by atoms with Crippen LogP contribution in [-0.4, -0.2) is 46.9 Å². The van der Waals surface area contributed by atoms with Crippen molar-refractivity contribution in [3.05, 3.63) is 50.9 Å². The SMILES string of the molecule is O=c1c(Cl)c(N2CCN3CCCCC3C2)cnn1-c1ccc(Cl)cc1. The second-order valence-electron chi connectivity index (χ2n) is 6.67. The first-order chi connectivity index (χ1) is 12.1. The molecule has 4 rings (SSSR count). The largest absolute Gasteiger partial charge is 0.366 e. The lowest BCUT2D eigenvalue weighted by molar-refractivity contribution is 0.133. The Hall–Kier alpha value is -1.56. The van der Waals surface area contributed by atoms with E-state index in [4.69, 9.17) is 23.2 Å². The molecule has 2 saturated heterocycles. The predicted octanol–water partition coefficient (Wildman–Crippen LogP) is 3.21. The summed E-state index contributed by atoms with van der Waals surface area (Å²) in [5.41, 5.74) is 1.09. The Balaban J connectivity index is 1.62. The van der Waals surface area contributed by atoms with Gasteiger partial charge >= 0.3 is 0 Å². The standard InChI is InChI=1S/C18H20Cl2N4O/c19-13-4-6-14(7-5-13)24-18(25)17(20)16(11-21-24)23-10-9-22-8-2-1-3-15(22)12-23/h4-7,11,15H,1-3,8-10,12H2. The zero-order valence-corrected chi connectivity index (χ0v) is 15.4. The van der Waals surface area contributed by atoms with Crippen molar-refractivity contribution >= 4 is 28.9 Å². The molecule has 25 heavy (non-hydrogen) atoms. The maximum atomic E-state index is 12.7. The van der Waals surface area contributed by atoms with E-state index >= 15 is 0 Å². The average Bonchev–Trinajstić information content (AvgIpc) is 2.64. The number of fused-ring (bicyclic) bond motifs is 1. The van der Waals surface area contributed by atoms with E-state index in [0.717, 1.165) is 25.3 Å². The number of aromatic nitrogens is 2. The highest BCUT2D eigenvalue weighted by atomic mass is 35.5. The van der Waals surface area contributed by atoms with Crippen LogP contribution in [0, 0.1) is 0 Å². The molecule has 1 unspecified atom stereocenters. The van der Waals surface area contributed by atoms with Crippen LogP contribution in [0.4, 0.5) is 5.69 Å². The molecule has 0 amide bonds. The van der Waals surface area contributed by atoms with Crippen LogP contribution in [0.25, 0.3) is 5.69 Å². The van der Waals surface area contributed by atoms with Gasteiger partial charge in [0, 0.05) is 30.7 Å². The van der Waals surface area contributed by atoms with Crippen LogP contribution in [0.2, 0.25) is 10.0 Å². The first-order valence-corrected chi connectivity index (χ1v) is 9.42. The second-order valence-corrected chi connectivity index (χ2v) is 7.48. The van der Waals surface area contributed by atoms with E-state index in [9.17, 15) is 4.79 Å². The zero-order valence-electron chi connectivity index (χ0n) is 13.9. The molecule has 1 atom stereocenters. The average molecular weight is 379 g/mol. The lowest BCUT2D eigenvalue weighted by Gasteiger charge is -2.44. The van der Waals surface area contributed by atoms with Crippen molar-refractivity contribution in [3.63, 3.8) is 0 Å². The predicted molar refractivity (Wildman–Crippen MR) is 101 cm³/mol. The van der Waals surface area contributed by atoms with Crippen LogP contribution in [0.5, 0.6) is 0 Å². The summed E-state index contributed by atoms with van der Waals surface area (Å²) in [7, 11) is 0. The third-order valence-electron chi connectivity index (χ3n) is 5.15. The van der Waals surface area contributed by atoms with E-state index in [0.29, 0.717) is 16.8 Å². The molecule has 0 bridgehead atoms. The van der Waals surface area contributed by atoms with Gasteiger partial charge in [-0.3, -0.25) is 9.69 Å². The van der Waals surface area contributed by atoms with E-state index in [1.54, 1.807) is 30.5 Å². The summed E-state index contributed by atoms with van der Waals surface area (Å²) in [6.45, 7) is 3.98. The van der Waals surface area contributed by atoms with Crippen LogP contribution >= 0.6 is 23.2 Å². The molecule has 5 nitrogen and oxygen atoms in total. The number of piperidine rings is 1. The van der Waals surface area contributed by atoms with Crippen molar-refractivity contribution in [1.82, 2.24) is 14.7 Å². The monoisotopic (exact) mass is 378 g/mol. The maximum Gasteiger partial charge on any atom is 0.292 e. The molecule has 2 aliphatic heterocycles. The Morgan fingerprint density at radius 2 is 1.84 bits per heavy atom. The fourth-order valence-electron chi connectivity index (χ4n) is 3.79. The quantitative estimate of drug-likeness (QED) is 0.804. The Morgan fingerprint density at radius 1 is 1.04 bits per heavy atom. The highest BCUT2D eigenvalue weighted by molar-refractivity contribution is 6.33. The molecule has 132 valence electrons. The Morgan fingerprint density at radius 3 is 2.64 bits per heavy atom. The Bertz CT molecular complexity index is 821. The van der Waals surface area contributed by atoms with Gasteiger partial charge in [-0.1, -0.05) is 29.6 Å². The minimum absolute atomic E-state index is 0.231. The van der Waals surface area contributed by atoms with Crippen LogP contribution in [0.15, 0.2) is 35.3 Å². The lowest BCUT2D eigenvalue weighted by Crippen LogP contribution is -2.55. The molecule has 1 aromatic heterocycles. The minimum atomic E-state index is -0.299. The van der Waals surface area contributed by atoms with Gasteiger partial charge in [0.15, 0.2) is 0 Å². The van der Waals surface area contributed by atoms with Crippen LogP contribution < -0.4 is 10.5 Å². The summed E-state index contributed by atoms with van der Waals surface area (Å²) in [5, 5.41) is 5.19. The van der Waals surface area contributed by atoms with Crippen molar-refractivity contribution in [2.45, 2.75) is 25.3 Å². The molecule has 0 aliphatic carbocycles. The summed E-state index contributed by atoms with van der Waals surface area (Å²) in [6, 6.07) is 7.53. The van der Waals surface area contributed by atoms with Crippen LogP contribution in [0.3, 0.4) is 0 Å². The molecule has 2 aliphatic rings. The molecule has 0 saturated carbocycles. The highest BCUT2D eigenvalue weighted by Crippen LogP contribution is 2.28. The summed E-state index contributed by atoms with van der Waals surface area (Å²) >= 11 is 12.3. The van der Waals surface area contributed by atoms with Gasteiger partial charge in [-0.15, -0.1) is 0 Å². The number of benzene rings is 1. The van der Waals surface area contributed by atoms with Gasteiger partial charge in [-0.05, 0) is 43.7 Å².